The van der Waals surface area contributed by atoms with Gasteiger partial charge in [0.2, 0.25) is 5.82 Å². The lowest BCUT2D eigenvalue weighted by Crippen LogP contribution is -1.94. The van der Waals surface area contributed by atoms with Crippen molar-refractivity contribution in [3.05, 3.63) is 46.6 Å². The number of carbonyl (C=O) groups is 1. The average molecular weight is 295 g/mol. The van der Waals surface area contributed by atoms with Crippen molar-refractivity contribution in [1.82, 2.24) is 15.1 Å². The number of nitrogens with zero attached hydrogens (tertiary/aromatic N) is 2. The number of aryl methyl sites for hydroxylation is 2. The van der Waals surface area contributed by atoms with E-state index in [2.05, 4.69) is 15.1 Å². The van der Waals surface area contributed by atoms with E-state index < -0.39 is 0 Å². The Morgan fingerprint density at radius 3 is 2.41 bits per heavy atom. The normalized spacial score (nSPS) is 10.9. The minimum absolute atomic E-state index is 0.0239. The summed E-state index contributed by atoms with van der Waals surface area (Å²) in [5.74, 6) is 0.950. The number of aromatic nitrogens is 3. The number of carbonyl (C=O) groups excluding carboxylic acids is 1. The van der Waals surface area contributed by atoms with E-state index in [1.54, 1.807) is 6.92 Å². The zero-order valence-corrected chi connectivity index (χ0v) is 13.0. The van der Waals surface area contributed by atoms with Crippen LogP contribution >= 0.6 is 0 Å². The molecule has 0 unspecified atom stereocenters. The van der Waals surface area contributed by atoms with Gasteiger partial charge in [-0.1, -0.05) is 35.0 Å². The van der Waals surface area contributed by atoms with Crippen LogP contribution in [0.15, 0.2) is 28.8 Å². The molecule has 112 valence electrons. The molecule has 0 aliphatic carbocycles. The van der Waals surface area contributed by atoms with Gasteiger partial charge in [0.1, 0.15) is 5.69 Å². The summed E-state index contributed by atoms with van der Waals surface area (Å²) in [4.78, 5) is 19.3. The molecule has 5 nitrogen and oxygen atoms in total. The maximum Gasteiger partial charge on any atom is 0.274 e. The van der Waals surface area contributed by atoms with Gasteiger partial charge in [-0.25, -0.2) is 0 Å². The minimum atomic E-state index is 0.0239. The molecule has 0 aliphatic rings. The summed E-state index contributed by atoms with van der Waals surface area (Å²) in [7, 11) is 0. The monoisotopic (exact) mass is 295 g/mol. The highest BCUT2D eigenvalue weighted by Crippen LogP contribution is 2.28. The number of ketones is 1. The van der Waals surface area contributed by atoms with Crippen LogP contribution in [0.2, 0.25) is 0 Å². The number of H-pyrrole nitrogens is 1. The largest absolute Gasteiger partial charge is 0.354 e. The van der Waals surface area contributed by atoms with Gasteiger partial charge in [-0.2, -0.15) is 4.98 Å². The van der Waals surface area contributed by atoms with Crippen molar-refractivity contribution >= 4 is 5.78 Å². The van der Waals surface area contributed by atoms with Gasteiger partial charge in [0.15, 0.2) is 5.78 Å². The lowest BCUT2D eigenvalue weighted by Gasteiger charge is -1.95. The summed E-state index contributed by atoms with van der Waals surface area (Å²) in [6, 6.07) is 7.92. The van der Waals surface area contributed by atoms with E-state index in [4.69, 9.17) is 4.52 Å². The van der Waals surface area contributed by atoms with Crippen molar-refractivity contribution in [2.75, 3.05) is 0 Å². The summed E-state index contributed by atoms with van der Waals surface area (Å²) in [6.07, 6.45) is 0. The third-order valence-electron chi connectivity index (χ3n) is 3.74. The van der Waals surface area contributed by atoms with Gasteiger partial charge in [0.25, 0.3) is 5.89 Å². The molecule has 0 atom stereocenters. The minimum Gasteiger partial charge on any atom is -0.354 e. The molecule has 1 aromatic carbocycles. The van der Waals surface area contributed by atoms with E-state index in [1.165, 1.54) is 5.56 Å². The summed E-state index contributed by atoms with van der Waals surface area (Å²) < 4.78 is 5.36. The Morgan fingerprint density at radius 1 is 1.14 bits per heavy atom. The molecule has 0 amide bonds. The summed E-state index contributed by atoms with van der Waals surface area (Å²) in [5.41, 5.74) is 5.11. The van der Waals surface area contributed by atoms with E-state index in [0.29, 0.717) is 23.0 Å². The van der Waals surface area contributed by atoms with Crippen LogP contribution in [0.1, 0.15) is 34.1 Å². The fraction of sp³-hybridized carbons (Fsp3) is 0.235. The molecule has 5 heteroatoms. The Labute approximate surface area is 128 Å². The highest BCUT2D eigenvalue weighted by Gasteiger charge is 2.20. The second-order valence-corrected chi connectivity index (χ2v) is 5.47. The van der Waals surface area contributed by atoms with Gasteiger partial charge in [0.05, 0.1) is 0 Å². The van der Waals surface area contributed by atoms with Crippen molar-refractivity contribution in [2.24, 2.45) is 0 Å². The number of nitrogens with one attached hydrogen (secondary N) is 1. The van der Waals surface area contributed by atoms with Crippen molar-refractivity contribution < 1.29 is 9.32 Å². The zero-order valence-electron chi connectivity index (χ0n) is 13.0. The Kier molecular flexibility index (Phi) is 3.41. The zero-order chi connectivity index (χ0) is 15.9. The van der Waals surface area contributed by atoms with E-state index in [-0.39, 0.29) is 5.78 Å². The maximum absolute atomic E-state index is 11.7. The highest BCUT2D eigenvalue weighted by molar-refractivity contribution is 5.98. The average Bonchev–Trinajstić information content (AvgIpc) is 3.04. The number of hydrogen-bond donors (Lipinski definition) is 1. The quantitative estimate of drug-likeness (QED) is 0.745. The van der Waals surface area contributed by atoms with Crippen LogP contribution in [0.5, 0.6) is 0 Å². The first-order chi connectivity index (χ1) is 10.5. The predicted molar refractivity (Wildman–Crippen MR) is 83.7 cm³/mol. The molecule has 1 N–H and O–H groups in total. The molecule has 0 fully saturated rings. The topological polar surface area (TPSA) is 71.8 Å². The van der Waals surface area contributed by atoms with Crippen molar-refractivity contribution in [3.63, 3.8) is 0 Å². The molecule has 0 aliphatic heterocycles. The molecule has 0 saturated carbocycles. The van der Waals surface area contributed by atoms with Crippen LogP contribution in [0, 0.1) is 20.8 Å². The molecule has 0 radical (unpaired) electrons. The van der Waals surface area contributed by atoms with E-state index >= 15 is 0 Å². The van der Waals surface area contributed by atoms with Crippen LogP contribution < -0.4 is 0 Å². The molecule has 2 heterocycles. The van der Waals surface area contributed by atoms with E-state index in [0.717, 1.165) is 16.8 Å². The molecule has 0 saturated heterocycles. The second kappa shape index (κ2) is 5.26. The molecule has 0 bridgehead atoms. The maximum atomic E-state index is 11.7. The van der Waals surface area contributed by atoms with Crippen molar-refractivity contribution in [1.29, 1.82) is 0 Å². The third kappa shape index (κ3) is 2.35. The number of Topliss-reactive ketones (excluding diaryl/α,β-unsaturated/α-hetero) is 1. The van der Waals surface area contributed by atoms with Crippen LogP contribution in [0.3, 0.4) is 0 Å². The van der Waals surface area contributed by atoms with E-state index in [9.17, 15) is 4.79 Å². The number of benzene rings is 1. The second-order valence-electron chi connectivity index (χ2n) is 5.47. The smallest absolute Gasteiger partial charge is 0.274 e. The number of rotatable bonds is 3. The van der Waals surface area contributed by atoms with Crippen LogP contribution in [-0.2, 0) is 0 Å². The van der Waals surface area contributed by atoms with Crippen molar-refractivity contribution in [2.45, 2.75) is 27.7 Å². The van der Waals surface area contributed by atoms with Gasteiger partial charge in [-0.3, -0.25) is 4.79 Å². The predicted octanol–water partition coefficient (Wildman–Crippen LogP) is 3.86. The van der Waals surface area contributed by atoms with Gasteiger partial charge < -0.3 is 9.51 Å². The Hall–Kier alpha value is -2.69. The Morgan fingerprint density at radius 2 is 1.82 bits per heavy atom. The van der Waals surface area contributed by atoms with Crippen molar-refractivity contribution in [3.8, 4) is 23.0 Å². The molecule has 3 aromatic rings. The Bertz CT molecular complexity index is 841. The SMILES string of the molecule is CC(=O)c1c(C)[nH]c(-c2nc(-c3ccc(C)cc3)no2)c1C. The summed E-state index contributed by atoms with van der Waals surface area (Å²) in [6.45, 7) is 7.33. The van der Waals surface area contributed by atoms with Crippen LogP contribution in [0.4, 0.5) is 0 Å². The molecule has 2 aromatic heterocycles. The summed E-state index contributed by atoms with van der Waals surface area (Å²) >= 11 is 0. The van der Waals surface area contributed by atoms with Gasteiger partial charge in [-0.05, 0) is 33.3 Å². The molecule has 0 spiro atoms. The number of hydrogen-bond acceptors (Lipinski definition) is 4. The molecular formula is C17H17N3O2. The van der Waals surface area contributed by atoms with Gasteiger partial charge in [-0.15, -0.1) is 0 Å². The number of aromatic amines is 1. The van der Waals surface area contributed by atoms with Crippen LogP contribution in [-0.4, -0.2) is 20.9 Å². The van der Waals surface area contributed by atoms with Gasteiger partial charge in [0, 0.05) is 16.8 Å². The highest BCUT2D eigenvalue weighted by atomic mass is 16.5. The molecule has 3 rings (SSSR count). The molecular weight excluding hydrogens is 278 g/mol. The lowest BCUT2D eigenvalue weighted by molar-refractivity contribution is 0.101. The lowest BCUT2D eigenvalue weighted by atomic mass is 10.1. The molecule has 22 heavy (non-hydrogen) atoms. The first-order valence-electron chi connectivity index (χ1n) is 7.08. The first kappa shape index (κ1) is 14.3. The Balaban J connectivity index is 2.03. The third-order valence-corrected chi connectivity index (χ3v) is 3.74. The van der Waals surface area contributed by atoms with Gasteiger partial charge >= 0.3 is 0 Å². The summed E-state index contributed by atoms with van der Waals surface area (Å²) in [5, 5.41) is 4.03. The fourth-order valence-electron chi connectivity index (χ4n) is 2.64. The van der Waals surface area contributed by atoms with Crippen LogP contribution in [0.25, 0.3) is 23.0 Å². The van der Waals surface area contributed by atoms with E-state index in [1.807, 2.05) is 45.0 Å². The fourth-order valence-corrected chi connectivity index (χ4v) is 2.64. The standard InChI is InChI=1S/C17H17N3O2/c1-9-5-7-13(8-6-9)16-19-17(22-20-16)15-10(2)14(12(4)21)11(3)18-15/h5-8,18H,1-4H3. The first-order valence-corrected chi connectivity index (χ1v) is 7.08.